The molecule has 0 aromatic heterocycles. The fraction of sp³-hybridized carbons (Fsp3) is 0.312. The number of carbonyl (C=O) groups is 1. The molecule has 3 nitrogen and oxygen atoms in total. The fourth-order valence-corrected chi connectivity index (χ4v) is 2.27. The first-order valence-electron chi connectivity index (χ1n) is 6.64. The van der Waals surface area contributed by atoms with E-state index in [1.807, 2.05) is 50.2 Å². The molecule has 2 aliphatic rings. The van der Waals surface area contributed by atoms with E-state index in [0.717, 1.165) is 17.1 Å². The number of ether oxygens (including phenoxy) is 1. The molecule has 4 heteroatoms. The van der Waals surface area contributed by atoms with Crippen molar-refractivity contribution < 1.29 is 9.53 Å². The van der Waals surface area contributed by atoms with Gasteiger partial charge in [-0.25, -0.2) is 0 Å². The van der Waals surface area contributed by atoms with Crippen molar-refractivity contribution >= 4 is 17.4 Å². The summed E-state index contributed by atoms with van der Waals surface area (Å²) in [6.45, 7) is 3.76. The maximum atomic E-state index is 11.4. The molecule has 0 saturated carbocycles. The maximum Gasteiger partial charge on any atom is 0.155 e. The van der Waals surface area contributed by atoms with E-state index in [1.54, 1.807) is 12.2 Å². The van der Waals surface area contributed by atoms with Crippen LogP contribution in [0, 0.1) is 0 Å². The molecule has 0 aromatic carbocycles. The van der Waals surface area contributed by atoms with Crippen LogP contribution >= 0.6 is 11.6 Å². The summed E-state index contributed by atoms with van der Waals surface area (Å²) in [5, 5.41) is 0.614. The van der Waals surface area contributed by atoms with E-state index in [-0.39, 0.29) is 11.8 Å². The molecule has 0 bridgehead atoms. The zero-order valence-electron chi connectivity index (χ0n) is 11.9. The minimum atomic E-state index is 0.0210. The molecule has 1 unspecified atom stereocenters. The predicted octanol–water partition coefficient (Wildman–Crippen LogP) is 3.66. The van der Waals surface area contributed by atoms with E-state index < -0.39 is 0 Å². The maximum absolute atomic E-state index is 11.4. The summed E-state index contributed by atoms with van der Waals surface area (Å²) in [6, 6.07) is 0.0210. The molecular formula is C16H18ClNO2. The number of hydrogen-bond acceptors (Lipinski definition) is 3. The highest BCUT2D eigenvalue weighted by atomic mass is 35.5. The van der Waals surface area contributed by atoms with Crippen LogP contribution < -0.4 is 0 Å². The van der Waals surface area contributed by atoms with Crippen LogP contribution in [0.3, 0.4) is 0 Å². The molecule has 20 heavy (non-hydrogen) atoms. The Balaban J connectivity index is 2.23. The van der Waals surface area contributed by atoms with Crippen molar-refractivity contribution in [2.24, 2.45) is 0 Å². The van der Waals surface area contributed by atoms with Crippen LogP contribution in [0.1, 0.15) is 20.3 Å². The van der Waals surface area contributed by atoms with Crippen LogP contribution in [0.25, 0.3) is 0 Å². The summed E-state index contributed by atoms with van der Waals surface area (Å²) in [6.07, 6.45) is 11.5. The van der Waals surface area contributed by atoms with Crippen molar-refractivity contribution in [1.82, 2.24) is 4.90 Å². The van der Waals surface area contributed by atoms with Gasteiger partial charge in [-0.3, -0.25) is 4.79 Å². The third-order valence-corrected chi connectivity index (χ3v) is 3.63. The van der Waals surface area contributed by atoms with Crippen molar-refractivity contribution in [2.75, 3.05) is 7.05 Å². The number of allylic oxidation sites excluding steroid dienone is 5. The molecule has 0 aliphatic carbocycles. The molecule has 106 valence electrons. The molecule has 2 aliphatic heterocycles. The SMILES string of the molecule is C/C=C(\C=C/C(=O)CC)C1=CC2C(=C(Cl)C=CN2C)O1. The smallest absolute Gasteiger partial charge is 0.155 e. The fourth-order valence-electron chi connectivity index (χ4n) is 2.06. The van der Waals surface area contributed by atoms with Crippen molar-refractivity contribution in [2.45, 2.75) is 26.3 Å². The number of hydrogen-bond donors (Lipinski definition) is 0. The summed E-state index contributed by atoms with van der Waals surface area (Å²) < 4.78 is 5.85. The average Bonchev–Trinajstić information content (AvgIpc) is 2.89. The van der Waals surface area contributed by atoms with Gasteiger partial charge in [-0.1, -0.05) is 24.6 Å². The van der Waals surface area contributed by atoms with E-state index in [9.17, 15) is 4.79 Å². The van der Waals surface area contributed by atoms with Crippen LogP contribution in [0.15, 0.2) is 58.7 Å². The van der Waals surface area contributed by atoms with Crippen molar-refractivity contribution in [3.63, 3.8) is 0 Å². The quantitative estimate of drug-likeness (QED) is 0.585. The molecule has 2 rings (SSSR count). The number of ketones is 1. The van der Waals surface area contributed by atoms with Gasteiger partial charge in [0.2, 0.25) is 0 Å². The lowest BCUT2D eigenvalue weighted by molar-refractivity contribution is -0.114. The highest BCUT2D eigenvalue weighted by Gasteiger charge is 2.31. The number of nitrogens with zero attached hydrogens (tertiary/aromatic N) is 1. The van der Waals surface area contributed by atoms with Gasteiger partial charge < -0.3 is 9.64 Å². The topological polar surface area (TPSA) is 29.5 Å². The van der Waals surface area contributed by atoms with E-state index in [0.29, 0.717) is 11.5 Å². The van der Waals surface area contributed by atoms with Crippen LogP contribution in [0.2, 0.25) is 0 Å². The zero-order valence-corrected chi connectivity index (χ0v) is 12.6. The summed E-state index contributed by atoms with van der Waals surface area (Å²) in [5.74, 6) is 1.57. The predicted molar refractivity (Wildman–Crippen MR) is 80.9 cm³/mol. The van der Waals surface area contributed by atoms with E-state index in [1.165, 1.54) is 0 Å². The van der Waals surface area contributed by atoms with Gasteiger partial charge >= 0.3 is 0 Å². The lowest BCUT2D eigenvalue weighted by atomic mass is 10.1. The summed E-state index contributed by atoms with van der Waals surface area (Å²) >= 11 is 6.16. The minimum absolute atomic E-state index is 0.0210. The number of rotatable bonds is 4. The molecule has 0 fully saturated rings. The van der Waals surface area contributed by atoms with Gasteiger partial charge in [0.1, 0.15) is 17.6 Å². The normalized spacial score (nSPS) is 22.2. The molecule has 0 N–H and O–H groups in total. The van der Waals surface area contributed by atoms with Gasteiger partial charge in [0.15, 0.2) is 5.78 Å². The number of fused-ring (bicyclic) bond motifs is 1. The molecule has 0 amide bonds. The first-order chi connectivity index (χ1) is 9.56. The standard InChI is InChI=1S/C16H18ClNO2/c1-4-11(6-7-12(19)5-2)15-10-14-16(20-15)13(17)8-9-18(14)3/h4,6-10,14H,5H2,1-3H3/b7-6-,11-4+. The van der Waals surface area contributed by atoms with Crippen molar-refractivity contribution in [3.8, 4) is 0 Å². The van der Waals surface area contributed by atoms with Gasteiger partial charge in [0.25, 0.3) is 0 Å². The van der Waals surface area contributed by atoms with Gasteiger partial charge in [-0.15, -0.1) is 0 Å². The Bertz CT molecular complexity index is 567. The van der Waals surface area contributed by atoms with Gasteiger partial charge in [-0.2, -0.15) is 0 Å². The molecule has 1 atom stereocenters. The first kappa shape index (κ1) is 14.7. The van der Waals surface area contributed by atoms with Gasteiger partial charge in [0, 0.05) is 25.2 Å². The van der Waals surface area contributed by atoms with Crippen LogP contribution in [0.5, 0.6) is 0 Å². The third kappa shape index (κ3) is 2.88. The monoisotopic (exact) mass is 291 g/mol. The lowest BCUT2D eigenvalue weighted by Gasteiger charge is -2.24. The number of carbonyl (C=O) groups excluding carboxylic acids is 1. The lowest BCUT2D eigenvalue weighted by Crippen LogP contribution is -2.27. The number of halogens is 1. The molecule has 0 saturated heterocycles. The Hall–Kier alpha value is -1.74. The molecule has 2 heterocycles. The van der Waals surface area contributed by atoms with Crippen LogP contribution in [-0.4, -0.2) is 23.8 Å². The molecule has 0 spiro atoms. The molecule has 0 radical (unpaired) electrons. The Morgan fingerprint density at radius 2 is 2.25 bits per heavy atom. The zero-order chi connectivity index (χ0) is 14.7. The van der Waals surface area contributed by atoms with E-state index >= 15 is 0 Å². The van der Waals surface area contributed by atoms with E-state index in [4.69, 9.17) is 16.3 Å². The first-order valence-corrected chi connectivity index (χ1v) is 7.01. The van der Waals surface area contributed by atoms with Gasteiger partial charge in [-0.05, 0) is 31.2 Å². The summed E-state index contributed by atoms with van der Waals surface area (Å²) in [5.41, 5.74) is 0.881. The van der Waals surface area contributed by atoms with Crippen LogP contribution in [0.4, 0.5) is 0 Å². The highest BCUT2D eigenvalue weighted by Crippen LogP contribution is 2.35. The number of likely N-dealkylation sites (N-methyl/N-ethyl adjacent to an activating group) is 1. The minimum Gasteiger partial charge on any atom is -0.457 e. The largest absolute Gasteiger partial charge is 0.457 e. The van der Waals surface area contributed by atoms with Crippen molar-refractivity contribution in [1.29, 1.82) is 0 Å². The Morgan fingerprint density at radius 3 is 2.85 bits per heavy atom. The van der Waals surface area contributed by atoms with Crippen molar-refractivity contribution in [3.05, 3.63) is 58.7 Å². The third-order valence-electron chi connectivity index (χ3n) is 3.32. The second kappa shape index (κ2) is 6.14. The van der Waals surface area contributed by atoms with E-state index in [2.05, 4.69) is 0 Å². The Labute approximate surface area is 124 Å². The molecule has 0 aromatic rings. The molecular weight excluding hydrogens is 274 g/mol. The van der Waals surface area contributed by atoms with Gasteiger partial charge in [0.05, 0.1) is 5.03 Å². The van der Waals surface area contributed by atoms with Crippen LogP contribution in [-0.2, 0) is 9.53 Å². The average molecular weight is 292 g/mol. The Kier molecular flexibility index (Phi) is 4.50. The Morgan fingerprint density at radius 1 is 1.50 bits per heavy atom. The summed E-state index contributed by atoms with van der Waals surface area (Å²) in [7, 11) is 1.97. The second-order valence-corrected chi connectivity index (χ2v) is 5.08. The highest BCUT2D eigenvalue weighted by molar-refractivity contribution is 6.31. The second-order valence-electron chi connectivity index (χ2n) is 4.67. The summed E-state index contributed by atoms with van der Waals surface area (Å²) in [4.78, 5) is 13.4.